The zero-order chi connectivity index (χ0) is 26.9. The van der Waals surface area contributed by atoms with Crippen LogP contribution in [0.1, 0.15) is 57.6 Å². The molecule has 0 fully saturated rings. The molecule has 214 valence electrons. The van der Waals surface area contributed by atoms with Crippen LogP contribution in [0, 0.1) is 6.92 Å². The van der Waals surface area contributed by atoms with Gasteiger partial charge in [0.15, 0.2) is 5.82 Å². The lowest BCUT2D eigenvalue weighted by Gasteiger charge is -2.22. The molecule has 0 unspecified atom stereocenters. The van der Waals surface area contributed by atoms with E-state index in [0.29, 0.717) is 31.7 Å². The van der Waals surface area contributed by atoms with Gasteiger partial charge in [0.2, 0.25) is 5.91 Å². The first-order chi connectivity index (χ1) is 19.0. The summed E-state index contributed by atoms with van der Waals surface area (Å²) in [5.41, 5.74) is 13.2. The quantitative estimate of drug-likeness (QED) is 0.303. The van der Waals surface area contributed by atoms with Gasteiger partial charge in [0.05, 0.1) is 0 Å². The molecule has 2 aromatic carbocycles. The maximum absolute atomic E-state index is 13.6. The molecule has 8 nitrogen and oxygen atoms in total. The third kappa shape index (κ3) is 5.94. The van der Waals surface area contributed by atoms with Gasteiger partial charge in [-0.15, -0.1) is 24.8 Å². The summed E-state index contributed by atoms with van der Waals surface area (Å²) in [4.78, 5) is 35.5. The highest BCUT2D eigenvalue weighted by molar-refractivity contribution is 5.85. The molecule has 1 amide bonds. The van der Waals surface area contributed by atoms with Gasteiger partial charge >= 0.3 is 0 Å². The minimum absolute atomic E-state index is 0. The predicted octanol–water partition coefficient (Wildman–Crippen LogP) is 4.52. The molecular weight excluding hydrogens is 559 g/mol. The monoisotopic (exact) mass is 592 g/mol. The molecule has 0 saturated carbocycles. The molecule has 0 radical (unpaired) electrons. The van der Waals surface area contributed by atoms with Crippen LogP contribution in [-0.2, 0) is 30.6 Å². The van der Waals surface area contributed by atoms with Crippen molar-refractivity contribution in [2.75, 3.05) is 17.6 Å². The minimum Gasteiger partial charge on any atom is -0.384 e. The molecule has 4 aromatic rings. The van der Waals surface area contributed by atoms with Crippen LogP contribution in [0.2, 0.25) is 0 Å². The van der Waals surface area contributed by atoms with Crippen molar-refractivity contribution in [3.8, 4) is 0 Å². The number of anilines is 2. The van der Waals surface area contributed by atoms with Gasteiger partial charge in [-0.3, -0.25) is 14.2 Å². The zero-order valence-electron chi connectivity index (χ0n) is 22.8. The Kier molecular flexibility index (Phi) is 9.35. The number of carbonyl (C=O) groups excluding carboxylic acids is 1. The molecule has 1 atom stereocenters. The number of nitrogens with zero attached hydrogens (tertiary/aromatic N) is 3. The van der Waals surface area contributed by atoms with Crippen LogP contribution >= 0.6 is 24.8 Å². The van der Waals surface area contributed by atoms with Gasteiger partial charge in [0.25, 0.3) is 5.56 Å². The second-order valence-electron chi connectivity index (χ2n) is 10.4. The number of amides is 1. The Labute approximate surface area is 251 Å². The van der Waals surface area contributed by atoms with Crippen LogP contribution in [-0.4, -0.2) is 27.0 Å². The fourth-order valence-corrected chi connectivity index (χ4v) is 5.97. The van der Waals surface area contributed by atoms with E-state index in [0.717, 1.165) is 29.8 Å². The zero-order valence-corrected chi connectivity index (χ0v) is 24.4. The Morgan fingerprint density at radius 1 is 0.976 bits per heavy atom. The van der Waals surface area contributed by atoms with Gasteiger partial charge in [-0.05, 0) is 66.5 Å². The summed E-state index contributed by atoms with van der Waals surface area (Å²) in [6, 6.07) is 20.1. The Hall–Kier alpha value is -3.88. The number of aryl methyl sites for hydroxylation is 4. The predicted molar refractivity (Wildman–Crippen MR) is 166 cm³/mol. The second-order valence-corrected chi connectivity index (χ2v) is 10.4. The molecule has 10 heteroatoms. The summed E-state index contributed by atoms with van der Waals surface area (Å²) in [5.74, 6) is 0.629. The van der Waals surface area contributed by atoms with Crippen molar-refractivity contribution in [3.05, 3.63) is 116 Å². The highest BCUT2D eigenvalue weighted by Gasteiger charge is 2.31. The van der Waals surface area contributed by atoms with Crippen molar-refractivity contribution >= 4 is 42.4 Å². The molecule has 0 spiro atoms. The fraction of sp³-hybridized carbons (Fsp3) is 0.290. The van der Waals surface area contributed by atoms with Crippen molar-refractivity contribution in [1.82, 2.24) is 19.9 Å². The highest BCUT2D eigenvalue weighted by Crippen LogP contribution is 2.34. The second kappa shape index (κ2) is 12.7. The molecule has 1 aliphatic carbocycles. The molecule has 0 saturated heterocycles. The first-order valence-electron chi connectivity index (χ1n) is 13.5. The summed E-state index contributed by atoms with van der Waals surface area (Å²) in [6.07, 6.45) is 4.90. The number of benzene rings is 2. The topological polar surface area (TPSA) is 115 Å². The number of pyridine rings is 1. The maximum atomic E-state index is 13.6. The molecule has 4 N–H and O–H groups in total. The number of nitrogens with one attached hydrogen (secondary N) is 2. The first-order valence-corrected chi connectivity index (χ1v) is 13.5. The number of rotatable bonds is 6. The van der Waals surface area contributed by atoms with Crippen molar-refractivity contribution in [3.63, 3.8) is 0 Å². The Bertz CT molecular complexity index is 1580. The first kappa shape index (κ1) is 30.1. The maximum Gasteiger partial charge on any atom is 0.294 e. The SMILES string of the molecule is Cc1nc(N)ccc1CNC(=O)[C@@H]1CCc2cnc(NCC3c4ccccc4CCc4ccccc43)c(=O)n21.Cl.Cl. The standard InChI is InChI=1S/C31H32N6O2.2ClH/c1-19-22(12-15-28(32)36-19)16-35-30(38)27-14-13-23-17-33-29(31(39)37(23)27)34-18-26-24-8-4-2-6-20(24)10-11-21-7-3-5-9-25(21)26;;/h2-9,12,15,17,26-27H,10-11,13-14,16,18H2,1H3,(H2,32,36)(H,33,34)(H,35,38);2*1H/t27-;;/m0../s1. The number of aromatic nitrogens is 3. The van der Waals surface area contributed by atoms with Crippen LogP contribution in [0.5, 0.6) is 0 Å². The molecule has 2 aliphatic rings. The van der Waals surface area contributed by atoms with Crippen molar-refractivity contribution in [1.29, 1.82) is 0 Å². The summed E-state index contributed by atoms with van der Waals surface area (Å²) < 4.78 is 1.60. The smallest absolute Gasteiger partial charge is 0.294 e. The van der Waals surface area contributed by atoms with E-state index in [2.05, 4.69) is 69.1 Å². The average Bonchev–Trinajstić information content (AvgIpc) is 3.32. The molecule has 3 heterocycles. The number of carbonyl (C=O) groups is 1. The van der Waals surface area contributed by atoms with Crippen LogP contribution in [0.3, 0.4) is 0 Å². The average molecular weight is 594 g/mol. The molecule has 0 bridgehead atoms. The Balaban J connectivity index is 0.00000194. The van der Waals surface area contributed by atoms with E-state index in [1.54, 1.807) is 16.8 Å². The molecule has 41 heavy (non-hydrogen) atoms. The molecule has 2 aromatic heterocycles. The molecular formula is C31H34Cl2N6O2. The van der Waals surface area contributed by atoms with Crippen LogP contribution in [0.25, 0.3) is 0 Å². The van der Waals surface area contributed by atoms with Crippen molar-refractivity contribution in [2.24, 2.45) is 0 Å². The van der Waals surface area contributed by atoms with Crippen molar-refractivity contribution < 1.29 is 4.79 Å². The largest absolute Gasteiger partial charge is 0.384 e. The Morgan fingerprint density at radius 3 is 2.29 bits per heavy atom. The summed E-state index contributed by atoms with van der Waals surface area (Å²) in [6.45, 7) is 2.73. The van der Waals surface area contributed by atoms with Crippen LogP contribution in [0.15, 0.2) is 71.7 Å². The normalized spacial score (nSPS) is 15.3. The van der Waals surface area contributed by atoms with Gasteiger partial charge in [0.1, 0.15) is 11.9 Å². The van der Waals surface area contributed by atoms with E-state index in [1.807, 2.05) is 13.0 Å². The third-order valence-corrected chi connectivity index (χ3v) is 8.03. The number of halogens is 2. The van der Waals surface area contributed by atoms with Crippen LogP contribution < -0.4 is 21.9 Å². The summed E-state index contributed by atoms with van der Waals surface area (Å²) >= 11 is 0. The summed E-state index contributed by atoms with van der Waals surface area (Å²) in [7, 11) is 0. The summed E-state index contributed by atoms with van der Waals surface area (Å²) in [5, 5.41) is 6.34. The van der Waals surface area contributed by atoms with Gasteiger partial charge in [-0.2, -0.15) is 0 Å². The number of fused-ring (bicyclic) bond motifs is 3. The number of nitrogen functional groups attached to an aromatic ring is 1. The van der Waals surface area contributed by atoms with E-state index >= 15 is 0 Å². The van der Waals surface area contributed by atoms with Gasteiger partial charge in [-0.25, -0.2) is 9.97 Å². The third-order valence-electron chi connectivity index (χ3n) is 8.03. The minimum atomic E-state index is -0.572. The van der Waals surface area contributed by atoms with Gasteiger partial charge < -0.3 is 16.4 Å². The number of nitrogens with two attached hydrogens (primary N) is 1. The fourth-order valence-electron chi connectivity index (χ4n) is 5.97. The molecule has 1 aliphatic heterocycles. The van der Waals surface area contributed by atoms with E-state index < -0.39 is 6.04 Å². The van der Waals surface area contributed by atoms with Crippen LogP contribution in [0.4, 0.5) is 11.6 Å². The highest BCUT2D eigenvalue weighted by atomic mass is 35.5. The van der Waals surface area contributed by atoms with Gasteiger partial charge in [0, 0.05) is 36.6 Å². The lowest BCUT2D eigenvalue weighted by atomic mass is 9.88. The van der Waals surface area contributed by atoms with E-state index in [-0.39, 0.29) is 48.0 Å². The Morgan fingerprint density at radius 2 is 1.63 bits per heavy atom. The van der Waals surface area contributed by atoms with Crippen molar-refractivity contribution in [2.45, 2.75) is 51.1 Å². The lowest BCUT2D eigenvalue weighted by molar-refractivity contribution is -0.124. The number of hydrogen-bond acceptors (Lipinski definition) is 6. The lowest BCUT2D eigenvalue weighted by Crippen LogP contribution is -2.36. The number of hydrogen-bond donors (Lipinski definition) is 3. The molecule has 6 rings (SSSR count). The van der Waals surface area contributed by atoms with E-state index in [1.165, 1.54) is 22.3 Å². The van der Waals surface area contributed by atoms with Gasteiger partial charge in [-0.1, -0.05) is 54.6 Å². The van der Waals surface area contributed by atoms with E-state index in [9.17, 15) is 9.59 Å². The van der Waals surface area contributed by atoms with E-state index in [4.69, 9.17) is 5.73 Å².